The first kappa shape index (κ1) is 13.3. The van der Waals surface area contributed by atoms with Gasteiger partial charge in [-0.15, -0.1) is 0 Å². The summed E-state index contributed by atoms with van der Waals surface area (Å²) in [4.78, 5) is 2.27. The first-order valence-electron chi connectivity index (χ1n) is 7.20. The van der Waals surface area contributed by atoms with Gasteiger partial charge in [0.2, 0.25) is 0 Å². The number of likely N-dealkylation sites (N-methyl/N-ethyl adjacent to an activating group) is 1. The van der Waals surface area contributed by atoms with Crippen molar-refractivity contribution in [1.82, 2.24) is 4.90 Å². The van der Waals surface area contributed by atoms with Gasteiger partial charge in [-0.2, -0.15) is 0 Å². The number of nitrogens with zero attached hydrogens (tertiary/aromatic N) is 1. The summed E-state index contributed by atoms with van der Waals surface area (Å²) in [6.45, 7) is 2.71. The van der Waals surface area contributed by atoms with Gasteiger partial charge in [0.25, 0.3) is 0 Å². The van der Waals surface area contributed by atoms with Gasteiger partial charge in [0, 0.05) is 19.7 Å². The van der Waals surface area contributed by atoms with Crippen LogP contribution in [-0.2, 0) is 4.74 Å². The van der Waals surface area contributed by atoms with Crippen LogP contribution in [0.1, 0.15) is 51.4 Å². The minimum absolute atomic E-state index is 0.390. The average Bonchev–Trinajstić information content (AvgIpc) is 2.30. The lowest BCUT2D eigenvalue weighted by Crippen LogP contribution is -2.45. The summed E-state index contributed by atoms with van der Waals surface area (Å²) < 4.78 is 5.75. The van der Waals surface area contributed by atoms with E-state index in [1.807, 2.05) is 0 Å². The number of hydrogen-bond donors (Lipinski definition) is 1. The van der Waals surface area contributed by atoms with Crippen LogP contribution in [0.25, 0.3) is 0 Å². The normalized spacial score (nSPS) is 29.5. The highest BCUT2D eigenvalue weighted by molar-refractivity contribution is 4.85. The highest BCUT2D eigenvalue weighted by Crippen LogP contribution is 2.28. The predicted molar refractivity (Wildman–Crippen MR) is 69.1 cm³/mol. The maximum Gasteiger partial charge on any atom is 0.0774 e. The van der Waals surface area contributed by atoms with Gasteiger partial charge < -0.3 is 14.7 Å². The third kappa shape index (κ3) is 4.23. The molecule has 3 nitrogen and oxygen atoms in total. The molecule has 1 heterocycles. The van der Waals surface area contributed by atoms with Crippen LogP contribution in [0.2, 0.25) is 0 Å². The standard InChI is InChI=1S/C14H27NO2/c1-15(11-13-7-3-6-10-17-13)12-14(16)8-4-2-5-9-14/h13,16H,2-12H2,1H3. The van der Waals surface area contributed by atoms with Crippen molar-refractivity contribution in [2.75, 3.05) is 26.7 Å². The molecule has 1 aliphatic carbocycles. The maximum absolute atomic E-state index is 10.5. The van der Waals surface area contributed by atoms with Crippen molar-refractivity contribution in [2.45, 2.75) is 63.1 Å². The van der Waals surface area contributed by atoms with Crippen LogP contribution in [0.3, 0.4) is 0 Å². The fraction of sp³-hybridized carbons (Fsp3) is 1.00. The number of aliphatic hydroxyl groups is 1. The summed E-state index contributed by atoms with van der Waals surface area (Å²) >= 11 is 0. The van der Waals surface area contributed by atoms with Gasteiger partial charge in [-0.25, -0.2) is 0 Å². The Bertz CT molecular complexity index is 220. The smallest absolute Gasteiger partial charge is 0.0774 e. The molecule has 0 spiro atoms. The van der Waals surface area contributed by atoms with Crippen molar-refractivity contribution in [1.29, 1.82) is 0 Å². The Hall–Kier alpha value is -0.120. The molecular formula is C14H27NO2. The second-order valence-corrected chi connectivity index (χ2v) is 5.97. The topological polar surface area (TPSA) is 32.7 Å². The van der Waals surface area contributed by atoms with Gasteiger partial charge >= 0.3 is 0 Å². The van der Waals surface area contributed by atoms with E-state index in [9.17, 15) is 5.11 Å². The molecule has 1 N–H and O–H groups in total. The fourth-order valence-corrected chi connectivity index (χ4v) is 3.23. The average molecular weight is 241 g/mol. The molecule has 1 aliphatic heterocycles. The van der Waals surface area contributed by atoms with Crippen LogP contribution in [0.15, 0.2) is 0 Å². The summed E-state index contributed by atoms with van der Waals surface area (Å²) in [6, 6.07) is 0. The van der Waals surface area contributed by atoms with Crippen LogP contribution in [0.5, 0.6) is 0 Å². The van der Waals surface area contributed by atoms with Gasteiger partial charge in [-0.1, -0.05) is 19.3 Å². The second kappa shape index (κ2) is 6.17. The van der Waals surface area contributed by atoms with Gasteiger partial charge in [-0.3, -0.25) is 0 Å². The molecule has 2 aliphatic rings. The molecule has 0 aromatic carbocycles. The van der Waals surface area contributed by atoms with Crippen LogP contribution in [0.4, 0.5) is 0 Å². The van der Waals surface area contributed by atoms with Crippen LogP contribution < -0.4 is 0 Å². The van der Waals surface area contributed by atoms with Crippen molar-refractivity contribution >= 4 is 0 Å². The number of rotatable bonds is 4. The van der Waals surface area contributed by atoms with E-state index in [0.29, 0.717) is 6.10 Å². The number of ether oxygens (including phenoxy) is 1. The van der Waals surface area contributed by atoms with Crippen LogP contribution in [-0.4, -0.2) is 48.5 Å². The summed E-state index contributed by atoms with van der Waals surface area (Å²) in [5, 5.41) is 10.5. The third-order valence-corrected chi connectivity index (χ3v) is 4.14. The molecule has 1 atom stereocenters. The van der Waals surface area contributed by atoms with E-state index in [4.69, 9.17) is 4.74 Å². The Labute approximate surface area is 105 Å². The molecular weight excluding hydrogens is 214 g/mol. The highest BCUT2D eigenvalue weighted by Gasteiger charge is 2.31. The molecule has 0 amide bonds. The minimum atomic E-state index is -0.429. The third-order valence-electron chi connectivity index (χ3n) is 4.14. The quantitative estimate of drug-likeness (QED) is 0.819. The molecule has 3 heteroatoms. The van der Waals surface area contributed by atoms with E-state index in [1.165, 1.54) is 38.5 Å². The van der Waals surface area contributed by atoms with E-state index in [-0.39, 0.29) is 0 Å². The fourth-order valence-electron chi connectivity index (χ4n) is 3.23. The maximum atomic E-state index is 10.5. The zero-order valence-corrected chi connectivity index (χ0v) is 11.2. The predicted octanol–water partition coefficient (Wildman–Crippen LogP) is 2.18. The van der Waals surface area contributed by atoms with Gasteiger partial charge in [0.15, 0.2) is 0 Å². The SMILES string of the molecule is CN(CC1CCCCO1)CC1(O)CCCCC1. The lowest BCUT2D eigenvalue weighted by Gasteiger charge is -2.37. The van der Waals surface area contributed by atoms with Gasteiger partial charge in [0.05, 0.1) is 11.7 Å². The van der Waals surface area contributed by atoms with Crippen molar-refractivity contribution in [2.24, 2.45) is 0 Å². The van der Waals surface area contributed by atoms with E-state index in [1.54, 1.807) is 0 Å². The Balaban J connectivity index is 1.73. The molecule has 0 bridgehead atoms. The van der Waals surface area contributed by atoms with E-state index in [2.05, 4.69) is 11.9 Å². The lowest BCUT2D eigenvalue weighted by atomic mass is 9.84. The zero-order valence-electron chi connectivity index (χ0n) is 11.2. The molecule has 17 heavy (non-hydrogen) atoms. The summed E-state index contributed by atoms with van der Waals surface area (Å²) in [7, 11) is 2.12. The van der Waals surface area contributed by atoms with Crippen molar-refractivity contribution in [3.8, 4) is 0 Å². The van der Waals surface area contributed by atoms with Crippen molar-refractivity contribution < 1.29 is 9.84 Å². The molecule has 2 fully saturated rings. The first-order valence-corrected chi connectivity index (χ1v) is 7.20. The number of hydrogen-bond acceptors (Lipinski definition) is 3. The molecule has 2 rings (SSSR count). The molecule has 1 saturated carbocycles. The highest BCUT2D eigenvalue weighted by atomic mass is 16.5. The van der Waals surface area contributed by atoms with Crippen LogP contribution in [0, 0.1) is 0 Å². The summed E-state index contributed by atoms with van der Waals surface area (Å²) in [5.41, 5.74) is -0.429. The van der Waals surface area contributed by atoms with E-state index in [0.717, 1.165) is 32.5 Å². The molecule has 0 aromatic heterocycles. The summed E-state index contributed by atoms with van der Waals surface area (Å²) in [6.07, 6.45) is 9.69. The molecule has 0 aromatic rings. The van der Waals surface area contributed by atoms with Crippen LogP contribution >= 0.6 is 0 Å². The van der Waals surface area contributed by atoms with Crippen molar-refractivity contribution in [3.05, 3.63) is 0 Å². The van der Waals surface area contributed by atoms with Gasteiger partial charge in [-0.05, 0) is 39.2 Å². The van der Waals surface area contributed by atoms with Crippen molar-refractivity contribution in [3.63, 3.8) is 0 Å². The minimum Gasteiger partial charge on any atom is -0.389 e. The second-order valence-electron chi connectivity index (χ2n) is 5.97. The molecule has 1 unspecified atom stereocenters. The Morgan fingerprint density at radius 1 is 1.18 bits per heavy atom. The Morgan fingerprint density at radius 3 is 2.59 bits per heavy atom. The summed E-state index contributed by atoms with van der Waals surface area (Å²) in [5.74, 6) is 0. The molecule has 100 valence electrons. The Kier molecular flexibility index (Phi) is 4.83. The van der Waals surface area contributed by atoms with E-state index < -0.39 is 5.60 Å². The lowest BCUT2D eigenvalue weighted by molar-refractivity contribution is -0.0442. The largest absolute Gasteiger partial charge is 0.389 e. The van der Waals surface area contributed by atoms with E-state index >= 15 is 0 Å². The first-order chi connectivity index (χ1) is 8.18. The molecule has 0 radical (unpaired) electrons. The monoisotopic (exact) mass is 241 g/mol. The zero-order chi connectivity index (χ0) is 12.1. The van der Waals surface area contributed by atoms with Gasteiger partial charge in [0.1, 0.15) is 0 Å². The Morgan fingerprint density at radius 2 is 1.94 bits per heavy atom. The molecule has 1 saturated heterocycles.